The van der Waals surface area contributed by atoms with E-state index in [9.17, 15) is 4.39 Å². The van der Waals surface area contributed by atoms with Gasteiger partial charge in [0.05, 0.1) is 11.7 Å². The molecule has 2 aliphatic rings. The number of hydrogen-bond acceptors (Lipinski definition) is 3. The Morgan fingerprint density at radius 1 is 1.04 bits per heavy atom. The second kappa shape index (κ2) is 7.63. The number of hydrogen-bond donors (Lipinski definition) is 0. The summed E-state index contributed by atoms with van der Waals surface area (Å²) in [5.74, 6) is -0.191. The molecule has 132 valence electrons. The summed E-state index contributed by atoms with van der Waals surface area (Å²) in [7, 11) is 0. The van der Waals surface area contributed by atoms with Gasteiger partial charge in [0.2, 0.25) is 0 Å². The molecule has 25 heavy (non-hydrogen) atoms. The van der Waals surface area contributed by atoms with Crippen molar-refractivity contribution < 1.29 is 9.13 Å². The molecule has 0 bridgehead atoms. The molecule has 0 radical (unpaired) electrons. The van der Waals surface area contributed by atoms with Crippen molar-refractivity contribution in [2.45, 2.75) is 44.2 Å². The average Bonchev–Trinajstić information content (AvgIpc) is 3.15. The minimum absolute atomic E-state index is 0.191. The van der Waals surface area contributed by atoms with Crippen LogP contribution < -0.4 is 0 Å². The molecule has 0 amide bonds. The summed E-state index contributed by atoms with van der Waals surface area (Å²) < 4.78 is 18.6. The Morgan fingerprint density at radius 2 is 1.84 bits per heavy atom. The zero-order valence-electron chi connectivity index (χ0n) is 14.5. The summed E-state index contributed by atoms with van der Waals surface area (Å²) in [6, 6.07) is 14.1. The van der Waals surface area contributed by atoms with Gasteiger partial charge in [-0.25, -0.2) is 4.39 Å². The van der Waals surface area contributed by atoms with Gasteiger partial charge in [0, 0.05) is 31.4 Å². The van der Waals surface area contributed by atoms with Crippen molar-refractivity contribution in [3.63, 3.8) is 0 Å². The van der Waals surface area contributed by atoms with Crippen molar-refractivity contribution in [3.05, 3.63) is 65.2 Å². The summed E-state index contributed by atoms with van der Waals surface area (Å²) in [6.45, 7) is 2.93. The lowest BCUT2D eigenvalue weighted by Crippen LogP contribution is -2.39. The van der Waals surface area contributed by atoms with Crippen molar-refractivity contribution in [2.24, 2.45) is 0 Å². The fraction of sp³-hybridized carbons (Fsp3) is 0.476. The molecule has 0 N–H and O–H groups in total. The molecule has 4 heteroatoms. The molecular formula is C21H25FN2O. The molecule has 2 saturated heterocycles. The number of rotatable bonds is 4. The third-order valence-electron chi connectivity index (χ3n) is 5.42. The number of halogens is 1. The van der Waals surface area contributed by atoms with Crippen molar-refractivity contribution in [1.82, 2.24) is 9.88 Å². The first kappa shape index (κ1) is 16.7. The predicted octanol–water partition coefficient (Wildman–Crippen LogP) is 4.13. The predicted molar refractivity (Wildman–Crippen MR) is 96.0 cm³/mol. The maximum Gasteiger partial charge on any atom is 0.123 e. The normalized spacial score (nSPS) is 22.4. The van der Waals surface area contributed by atoms with Crippen LogP contribution in [0.25, 0.3) is 0 Å². The Kier molecular flexibility index (Phi) is 5.09. The molecule has 0 saturated carbocycles. The molecule has 1 atom stereocenters. The van der Waals surface area contributed by atoms with Crippen LogP contribution in [-0.2, 0) is 11.2 Å². The van der Waals surface area contributed by atoms with Crippen molar-refractivity contribution in [1.29, 1.82) is 0 Å². The minimum Gasteiger partial charge on any atom is -0.381 e. The van der Waals surface area contributed by atoms with E-state index in [1.165, 1.54) is 37.2 Å². The van der Waals surface area contributed by atoms with E-state index < -0.39 is 0 Å². The lowest BCUT2D eigenvalue weighted by atomic mass is 10.0. The summed E-state index contributed by atoms with van der Waals surface area (Å²) in [6.07, 6.45) is 5.44. The van der Waals surface area contributed by atoms with E-state index in [-0.39, 0.29) is 5.82 Å². The number of benzene rings is 1. The second-order valence-corrected chi connectivity index (χ2v) is 7.10. The quantitative estimate of drug-likeness (QED) is 0.837. The van der Waals surface area contributed by atoms with Crippen LogP contribution in [0.15, 0.2) is 42.5 Å². The average molecular weight is 340 g/mol. The Hall–Kier alpha value is -1.78. The summed E-state index contributed by atoms with van der Waals surface area (Å²) in [5.41, 5.74) is 3.34. The van der Waals surface area contributed by atoms with Gasteiger partial charge in [-0.1, -0.05) is 18.2 Å². The number of nitrogens with zero attached hydrogens (tertiary/aromatic N) is 2. The third-order valence-corrected chi connectivity index (χ3v) is 5.42. The van der Waals surface area contributed by atoms with Crippen LogP contribution in [0.3, 0.4) is 0 Å². The topological polar surface area (TPSA) is 25.4 Å². The van der Waals surface area contributed by atoms with Gasteiger partial charge >= 0.3 is 0 Å². The van der Waals surface area contributed by atoms with Crippen LogP contribution in [0.4, 0.5) is 4.39 Å². The molecule has 4 rings (SSSR count). The van der Waals surface area contributed by atoms with Gasteiger partial charge in [0.15, 0.2) is 0 Å². The first-order valence-electron chi connectivity index (χ1n) is 9.33. The molecule has 3 nitrogen and oxygen atoms in total. The molecular weight excluding hydrogens is 315 g/mol. The van der Waals surface area contributed by atoms with Gasteiger partial charge in [0.25, 0.3) is 0 Å². The first-order chi connectivity index (χ1) is 12.3. The highest BCUT2D eigenvalue weighted by Crippen LogP contribution is 2.35. The van der Waals surface area contributed by atoms with Gasteiger partial charge in [-0.15, -0.1) is 0 Å². The number of likely N-dealkylation sites (tertiary alicyclic amines) is 1. The van der Waals surface area contributed by atoms with Gasteiger partial charge in [0.1, 0.15) is 5.82 Å². The molecule has 2 aromatic rings. The first-order valence-corrected chi connectivity index (χ1v) is 9.33. The van der Waals surface area contributed by atoms with Gasteiger partial charge < -0.3 is 4.74 Å². The van der Waals surface area contributed by atoms with E-state index in [2.05, 4.69) is 23.1 Å². The second-order valence-electron chi connectivity index (χ2n) is 7.10. The standard InChI is InChI=1S/C21H25FN2O/c22-17-8-6-16(7-9-17)15-18-3-1-4-20(23-18)21-5-2-12-24(21)19-10-13-25-14-11-19/h1,3-4,6-9,19,21H,2,5,10-15H2/t21-/m1/s1. The summed E-state index contributed by atoms with van der Waals surface area (Å²) >= 11 is 0. The molecule has 3 heterocycles. The number of pyridine rings is 1. The number of aromatic nitrogens is 1. The Bertz CT molecular complexity index is 697. The fourth-order valence-electron chi connectivity index (χ4n) is 4.15. The van der Waals surface area contributed by atoms with Crippen LogP contribution in [0.5, 0.6) is 0 Å². The van der Waals surface area contributed by atoms with Crippen LogP contribution in [0.2, 0.25) is 0 Å². The molecule has 1 aromatic carbocycles. The van der Waals surface area contributed by atoms with Gasteiger partial charge in [-0.3, -0.25) is 9.88 Å². The van der Waals surface area contributed by atoms with Crippen LogP contribution in [0, 0.1) is 5.82 Å². The lowest BCUT2D eigenvalue weighted by Gasteiger charge is -2.35. The van der Waals surface area contributed by atoms with Crippen molar-refractivity contribution in [3.8, 4) is 0 Å². The van der Waals surface area contributed by atoms with E-state index in [0.717, 1.165) is 43.7 Å². The fourth-order valence-corrected chi connectivity index (χ4v) is 4.15. The SMILES string of the molecule is Fc1ccc(Cc2cccc([C@H]3CCCN3C3CCOCC3)n2)cc1. The summed E-state index contributed by atoms with van der Waals surface area (Å²) in [4.78, 5) is 7.60. The van der Waals surface area contributed by atoms with Crippen molar-refractivity contribution in [2.75, 3.05) is 19.8 Å². The molecule has 2 aliphatic heterocycles. The van der Waals surface area contributed by atoms with Crippen LogP contribution >= 0.6 is 0 Å². The largest absolute Gasteiger partial charge is 0.381 e. The lowest BCUT2D eigenvalue weighted by molar-refractivity contribution is 0.0285. The van der Waals surface area contributed by atoms with E-state index in [0.29, 0.717) is 12.1 Å². The molecule has 0 spiro atoms. The summed E-state index contributed by atoms with van der Waals surface area (Å²) in [5, 5.41) is 0. The van der Waals surface area contributed by atoms with E-state index in [4.69, 9.17) is 9.72 Å². The molecule has 0 unspecified atom stereocenters. The van der Waals surface area contributed by atoms with E-state index in [1.807, 2.05) is 12.1 Å². The molecule has 1 aromatic heterocycles. The van der Waals surface area contributed by atoms with Gasteiger partial charge in [-0.05, 0) is 62.1 Å². The van der Waals surface area contributed by atoms with Crippen molar-refractivity contribution >= 4 is 0 Å². The van der Waals surface area contributed by atoms with E-state index >= 15 is 0 Å². The maximum atomic E-state index is 13.1. The minimum atomic E-state index is -0.191. The smallest absolute Gasteiger partial charge is 0.123 e. The van der Waals surface area contributed by atoms with E-state index in [1.54, 1.807) is 0 Å². The Morgan fingerprint density at radius 3 is 2.64 bits per heavy atom. The highest BCUT2D eigenvalue weighted by molar-refractivity contribution is 5.24. The Labute approximate surface area is 148 Å². The highest BCUT2D eigenvalue weighted by Gasteiger charge is 2.33. The zero-order valence-corrected chi connectivity index (χ0v) is 14.5. The maximum absolute atomic E-state index is 13.1. The van der Waals surface area contributed by atoms with Crippen LogP contribution in [0.1, 0.15) is 48.7 Å². The monoisotopic (exact) mass is 340 g/mol. The highest BCUT2D eigenvalue weighted by atomic mass is 19.1. The third kappa shape index (κ3) is 3.91. The number of ether oxygens (including phenoxy) is 1. The molecule has 2 fully saturated rings. The van der Waals surface area contributed by atoms with Crippen LogP contribution in [-0.4, -0.2) is 35.7 Å². The molecule has 0 aliphatic carbocycles. The van der Waals surface area contributed by atoms with Gasteiger partial charge in [-0.2, -0.15) is 0 Å². The zero-order chi connectivity index (χ0) is 17.1. The Balaban J connectivity index is 1.50.